The van der Waals surface area contributed by atoms with Crippen molar-refractivity contribution in [2.45, 2.75) is 32.7 Å². The summed E-state index contributed by atoms with van der Waals surface area (Å²) < 4.78 is 0. The Morgan fingerprint density at radius 1 is 0.966 bits per heavy atom. The summed E-state index contributed by atoms with van der Waals surface area (Å²) in [4.78, 5) is 11.7. The molecule has 0 radical (unpaired) electrons. The van der Waals surface area contributed by atoms with E-state index in [0.29, 0.717) is 0 Å². The van der Waals surface area contributed by atoms with Crippen LogP contribution in [0.2, 0.25) is 0 Å². The number of piperidine rings is 1. The number of aromatic nitrogens is 2. The number of aliphatic hydroxyl groups is 1. The topological polar surface area (TPSA) is 49.2 Å². The molecule has 0 saturated carbocycles. The number of aliphatic hydroxyl groups excluding tert-OH is 1. The van der Waals surface area contributed by atoms with E-state index in [9.17, 15) is 5.11 Å². The number of aryl methyl sites for hydroxylation is 1. The lowest BCUT2D eigenvalue weighted by atomic mass is 9.75. The van der Waals surface area contributed by atoms with E-state index in [4.69, 9.17) is 0 Å². The molecule has 1 saturated heterocycles. The molecule has 1 aliphatic heterocycles. The van der Waals surface area contributed by atoms with Crippen LogP contribution in [0.25, 0.3) is 11.4 Å². The molecule has 0 amide bonds. The predicted molar refractivity (Wildman–Crippen MR) is 116 cm³/mol. The van der Waals surface area contributed by atoms with Crippen molar-refractivity contribution in [3.8, 4) is 11.4 Å². The van der Waals surface area contributed by atoms with Crippen LogP contribution < -0.4 is 0 Å². The number of benzene rings is 2. The van der Waals surface area contributed by atoms with Crippen LogP contribution in [-0.4, -0.2) is 39.7 Å². The van der Waals surface area contributed by atoms with Crippen molar-refractivity contribution in [3.63, 3.8) is 0 Å². The van der Waals surface area contributed by atoms with E-state index in [1.165, 1.54) is 11.1 Å². The molecule has 0 spiro atoms. The molecular formula is C25H29N3O. The zero-order valence-electron chi connectivity index (χ0n) is 17.1. The van der Waals surface area contributed by atoms with Gasteiger partial charge in [0.1, 0.15) is 0 Å². The van der Waals surface area contributed by atoms with Gasteiger partial charge < -0.3 is 5.11 Å². The smallest absolute Gasteiger partial charge is 0.159 e. The first-order valence-electron chi connectivity index (χ1n) is 10.4. The SMILES string of the molecule is Cc1ccccc1-c1ncc(CN2CCC[C@@](CO)(Cc3ccccc3)C2)cn1. The molecule has 4 heteroatoms. The second-order valence-corrected chi connectivity index (χ2v) is 8.36. The predicted octanol–water partition coefficient (Wildman–Crippen LogP) is 4.27. The number of likely N-dealkylation sites (tertiary alicyclic amines) is 1. The van der Waals surface area contributed by atoms with Crippen LogP contribution in [0.1, 0.15) is 29.5 Å². The first-order chi connectivity index (χ1) is 14.2. The Labute approximate surface area is 173 Å². The molecule has 0 bridgehead atoms. The molecule has 1 N–H and O–H groups in total. The molecule has 0 aliphatic carbocycles. The van der Waals surface area contributed by atoms with Gasteiger partial charge in [-0.05, 0) is 43.9 Å². The van der Waals surface area contributed by atoms with Gasteiger partial charge in [0, 0.05) is 42.0 Å². The highest BCUT2D eigenvalue weighted by Crippen LogP contribution is 2.34. The maximum atomic E-state index is 10.2. The van der Waals surface area contributed by atoms with Crippen LogP contribution in [0, 0.1) is 12.3 Å². The van der Waals surface area contributed by atoms with Crippen molar-refractivity contribution >= 4 is 0 Å². The van der Waals surface area contributed by atoms with Crippen molar-refractivity contribution in [1.29, 1.82) is 0 Å². The number of hydrogen-bond donors (Lipinski definition) is 1. The number of hydrogen-bond acceptors (Lipinski definition) is 4. The number of rotatable bonds is 6. The normalized spacial score (nSPS) is 19.9. The van der Waals surface area contributed by atoms with E-state index in [-0.39, 0.29) is 12.0 Å². The quantitative estimate of drug-likeness (QED) is 0.686. The average Bonchev–Trinajstić information content (AvgIpc) is 2.76. The van der Waals surface area contributed by atoms with Crippen molar-refractivity contribution in [2.24, 2.45) is 5.41 Å². The molecule has 2 heterocycles. The van der Waals surface area contributed by atoms with Crippen molar-refractivity contribution < 1.29 is 5.11 Å². The third-order valence-corrected chi connectivity index (χ3v) is 6.00. The zero-order valence-corrected chi connectivity index (χ0v) is 17.1. The lowest BCUT2D eigenvalue weighted by molar-refractivity contribution is 0.0288. The summed E-state index contributed by atoms with van der Waals surface area (Å²) in [5.74, 6) is 0.777. The van der Waals surface area contributed by atoms with Gasteiger partial charge in [0.15, 0.2) is 5.82 Å². The van der Waals surface area contributed by atoms with E-state index in [1.807, 2.05) is 30.6 Å². The fourth-order valence-corrected chi connectivity index (χ4v) is 4.46. The fraction of sp³-hybridized carbons (Fsp3) is 0.360. The van der Waals surface area contributed by atoms with E-state index in [1.54, 1.807) is 0 Å². The van der Waals surface area contributed by atoms with Gasteiger partial charge in [-0.1, -0.05) is 54.6 Å². The molecule has 4 rings (SSSR count). The molecule has 1 aromatic heterocycles. The van der Waals surface area contributed by atoms with Crippen molar-refractivity contribution in [2.75, 3.05) is 19.7 Å². The van der Waals surface area contributed by atoms with Gasteiger partial charge in [0.2, 0.25) is 0 Å². The third kappa shape index (κ3) is 4.72. The van der Waals surface area contributed by atoms with Crippen LogP contribution in [0.4, 0.5) is 0 Å². The second kappa shape index (κ2) is 8.85. The standard InChI is InChI=1S/C25H29N3O/c1-20-8-5-6-11-23(20)24-26-15-22(16-27-24)17-28-13-7-12-25(18-28,19-29)14-21-9-3-2-4-10-21/h2-6,8-11,15-16,29H,7,12-14,17-19H2,1H3/t25-/m1/s1. The summed E-state index contributed by atoms with van der Waals surface area (Å²) in [7, 11) is 0. The number of nitrogens with zero attached hydrogens (tertiary/aromatic N) is 3. The minimum Gasteiger partial charge on any atom is -0.396 e. The second-order valence-electron chi connectivity index (χ2n) is 8.36. The van der Waals surface area contributed by atoms with Gasteiger partial charge in [0.05, 0.1) is 6.61 Å². The Hall–Kier alpha value is -2.56. The van der Waals surface area contributed by atoms with Crippen LogP contribution in [0.3, 0.4) is 0 Å². The van der Waals surface area contributed by atoms with Gasteiger partial charge in [-0.3, -0.25) is 4.90 Å². The zero-order chi connectivity index (χ0) is 20.1. The maximum Gasteiger partial charge on any atom is 0.159 e. The molecule has 3 aromatic rings. The summed E-state index contributed by atoms with van der Waals surface area (Å²) in [6.07, 6.45) is 6.99. The highest BCUT2D eigenvalue weighted by Gasteiger charge is 2.35. The van der Waals surface area contributed by atoms with Gasteiger partial charge in [0.25, 0.3) is 0 Å². The van der Waals surface area contributed by atoms with Crippen LogP contribution in [0.5, 0.6) is 0 Å². The monoisotopic (exact) mass is 387 g/mol. The molecule has 1 aliphatic rings. The van der Waals surface area contributed by atoms with Crippen LogP contribution in [0.15, 0.2) is 67.0 Å². The Bertz CT molecular complexity index is 926. The lowest BCUT2D eigenvalue weighted by Crippen LogP contribution is -2.46. The summed E-state index contributed by atoms with van der Waals surface area (Å²) in [6.45, 7) is 5.08. The highest BCUT2D eigenvalue weighted by molar-refractivity contribution is 5.59. The van der Waals surface area contributed by atoms with Gasteiger partial charge in [-0.25, -0.2) is 9.97 Å². The Balaban J connectivity index is 1.44. The molecule has 0 unspecified atom stereocenters. The van der Waals surface area contributed by atoms with Crippen LogP contribution >= 0.6 is 0 Å². The molecule has 150 valence electrons. The molecule has 1 fully saturated rings. The maximum absolute atomic E-state index is 10.2. The van der Waals surface area contributed by atoms with E-state index in [2.05, 4.69) is 58.2 Å². The van der Waals surface area contributed by atoms with Gasteiger partial charge >= 0.3 is 0 Å². The molecule has 29 heavy (non-hydrogen) atoms. The average molecular weight is 388 g/mol. The lowest BCUT2D eigenvalue weighted by Gasteiger charge is -2.42. The van der Waals surface area contributed by atoms with Crippen molar-refractivity contribution in [3.05, 3.63) is 83.7 Å². The summed E-state index contributed by atoms with van der Waals surface area (Å²) in [6, 6.07) is 18.7. The molecule has 1 atom stereocenters. The summed E-state index contributed by atoms with van der Waals surface area (Å²) in [5, 5.41) is 10.2. The largest absolute Gasteiger partial charge is 0.396 e. The van der Waals surface area contributed by atoms with Crippen molar-refractivity contribution in [1.82, 2.24) is 14.9 Å². The fourth-order valence-electron chi connectivity index (χ4n) is 4.46. The van der Waals surface area contributed by atoms with E-state index in [0.717, 1.165) is 55.8 Å². The van der Waals surface area contributed by atoms with Gasteiger partial charge in [-0.2, -0.15) is 0 Å². The minimum atomic E-state index is -0.0679. The van der Waals surface area contributed by atoms with E-state index >= 15 is 0 Å². The first kappa shape index (κ1) is 19.7. The van der Waals surface area contributed by atoms with Crippen LogP contribution in [-0.2, 0) is 13.0 Å². The Kier molecular flexibility index (Phi) is 6.02. The summed E-state index contributed by atoms with van der Waals surface area (Å²) in [5.41, 5.74) is 4.62. The Morgan fingerprint density at radius 2 is 1.69 bits per heavy atom. The van der Waals surface area contributed by atoms with Gasteiger partial charge in [-0.15, -0.1) is 0 Å². The summed E-state index contributed by atoms with van der Waals surface area (Å²) >= 11 is 0. The first-order valence-corrected chi connectivity index (χ1v) is 10.4. The molecule has 4 nitrogen and oxygen atoms in total. The van der Waals surface area contributed by atoms with E-state index < -0.39 is 0 Å². The Morgan fingerprint density at radius 3 is 2.41 bits per heavy atom. The third-order valence-electron chi connectivity index (χ3n) is 6.00. The molecular weight excluding hydrogens is 358 g/mol. The highest BCUT2D eigenvalue weighted by atomic mass is 16.3. The minimum absolute atomic E-state index is 0.0679. The molecule has 2 aromatic carbocycles.